The van der Waals surface area contributed by atoms with Gasteiger partial charge in [0.1, 0.15) is 0 Å². The highest BCUT2D eigenvalue weighted by molar-refractivity contribution is 5.78. The molecule has 0 aliphatic carbocycles. The summed E-state index contributed by atoms with van der Waals surface area (Å²) in [4.78, 5) is 11.5. The van der Waals surface area contributed by atoms with Gasteiger partial charge in [-0.1, -0.05) is 24.3 Å². The predicted octanol–water partition coefficient (Wildman–Crippen LogP) is 2.22. The average molecular weight is 269 g/mol. The van der Waals surface area contributed by atoms with Crippen LogP contribution in [-0.2, 0) is 16.0 Å². The monoisotopic (exact) mass is 269 g/mol. The number of ether oxygens (including phenoxy) is 1. The molecule has 1 N–H and O–H groups in total. The Morgan fingerprint density at radius 2 is 2.16 bits per heavy atom. The molecule has 0 unspecified atom stereocenters. The molecule has 0 saturated carbocycles. The van der Waals surface area contributed by atoms with Gasteiger partial charge in [-0.05, 0) is 13.0 Å². The number of nitrogens with one attached hydrogen (secondary N) is 1. The van der Waals surface area contributed by atoms with Crippen molar-refractivity contribution < 1.29 is 18.3 Å². The molecule has 5 heteroatoms. The van der Waals surface area contributed by atoms with Gasteiger partial charge in [0.05, 0.1) is 19.6 Å². The first kappa shape index (κ1) is 15.3. The van der Waals surface area contributed by atoms with Crippen molar-refractivity contribution in [1.82, 2.24) is 5.32 Å². The number of carbonyl (C=O) groups is 1. The van der Waals surface area contributed by atoms with E-state index in [0.29, 0.717) is 19.8 Å². The molecule has 0 aromatic heterocycles. The molecule has 0 saturated heterocycles. The van der Waals surface area contributed by atoms with Gasteiger partial charge in [-0.2, -0.15) is 0 Å². The zero-order valence-electron chi connectivity index (χ0n) is 10.8. The maximum Gasteiger partial charge on any atom is 0.224 e. The average Bonchev–Trinajstić information content (AvgIpc) is 2.34. The first-order valence-electron chi connectivity index (χ1n) is 5.92. The third-order valence-electron chi connectivity index (χ3n) is 2.30. The van der Waals surface area contributed by atoms with Gasteiger partial charge in [0.15, 0.2) is 11.6 Å². The quantitative estimate of drug-likeness (QED) is 0.609. The lowest BCUT2D eigenvalue weighted by Gasteiger charge is -2.07. The molecule has 1 aromatic carbocycles. The summed E-state index contributed by atoms with van der Waals surface area (Å²) in [5, 5.41) is 2.57. The SMILES string of the molecule is C=C(C)COCCNC(=O)Cc1cccc(F)c1F. The maximum absolute atomic E-state index is 13.3. The minimum atomic E-state index is -0.976. The van der Waals surface area contributed by atoms with Crippen molar-refractivity contribution in [2.24, 2.45) is 0 Å². The van der Waals surface area contributed by atoms with Crippen molar-refractivity contribution in [3.63, 3.8) is 0 Å². The van der Waals surface area contributed by atoms with Crippen LogP contribution in [0.5, 0.6) is 0 Å². The number of benzene rings is 1. The highest BCUT2D eigenvalue weighted by Gasteiger charge is 2.11. The molecule has 0 atom stereocenters. The van der Waals surface area contributed by atoms with Gasteiger partial charge >= 0.3 is 0 Å². The normalized spacial score (nSPS) is 10.3. The zero-order valence-corrected chi connectivity index (χ0v) is 10.8. The highest BCUT2D eigenvalue weighted by Crippen LogP contribution is 2.11. The predicted molar refractivity (Wildman–Crippen MR) is 68.7 cm³/mol. The Kier molecular flexibility index (Phi) is 6.15. The third-order valence-corrected chi connectivity index (χ3v) is 2.30. The molecular weight excluding hydrogens is 252 g/mol. The van der Waals surface area contributed by atoms with Crippen LogP contribution in [0.25, 0.3) is 0 Å². The Morgan fingerprint density at radius 1 is 1.42 bits per heavy atom. The summed E-state index contributed by atoms with van der Waals surface area (Å²) in [7, 11) is 0. The molecule has 0 heterocycles. The Balaban J connectivity index is 2.31. The summed E-state index contributed by atoms with van der Waals surface area (Å²) < 4.78 is 31.4. The first-order chi connectivity index (χ1) is 9.00. The Bertz CT molecular complexity index is 461. The fourth-order valence-electron chi connectivity index (χ4n) is 1.43. The molecular formula is C14H17F2NO2. The minimum absolute atomic E-state index is 0.0420. The van der Waals surface area contributed by atoms with Crippen molar-refractivity contribution in [3.05, 3.63) is 47.5 Å². The Hall–Kier alpha value is -1.75. The second-order valence-corrected chi connectivity index (χ2v) is 4.25. The van der Waals surface area contributed by atoms with Crippen LogP contribution in [0.4, 0.5) is 8.78 Å². The molecule has 1 amide bonds. The number of hydrogen-bond donors (Lipinski definition) is 1. The molecule has 0 bridgehead atoms. The zero-order chi connectivity index (χ0) is 14.3. The van der Waals surface area contributed by atoms with E-state index in [0.717, 1.165) is 11.6 Å². The van der Waals surface area contributed by atoms with E-state index in [1.807, 2.05) is 6.92 Å². The van der Waals surface area contributed by atoms with E-state index in [4.69, 9.17) is 4.74 Å². The van der Waals surface area contributed by atoms with Crippen LogP contribution in [-0.4, -0.2) is 25.7 Å². The van der Waals surface area contributed by atoms with Crippen molar-refractivity contribution in [1.29, 1.82) is 0 Å². The number of carbonyl (C=O) groups excluding carboxylic acids is 1. The summed E-state index contributed by atoms with van der Waals surface area (Å²) in [5.41, 5.74) is 0.938. The summed E-state index contributed by atoms with van der Waals surface area (Å²) in [6, 6.07) is 3.77. The fraction of sp³-hybridized carbons (Fsp3) is 0.357. The van der Waals surface area contributed by atoms with Crippen LogP contribution in [0.2, 0.25) is 0 Å². The standard InChI is InChI=1S/C14H17F2NO2/c1-10(2)9-19-7-6-17-13(18)8-11-4-3-5-12(15)14(11)16/h3-5H,1,6-9H2,2H3,(H,17,18). The number of halogens is 2. The van der Waals surface area contributed by atoms with Gasteiger partial charge in [-0.3, -0.25) is 4.79 Å². The van der Waals surface area contributed by atoms with E-state index >= 15 is 0 Å². The van der Waals surface area contributed by atoms with Crippen LogP contribution < -0.4 is 5.32 Å². The summed E-state index contributed by atoms with van der Waals surface area (Å²) in [6.45, 7) is 6.62. The lowest BCUT2D eigenvalue weighted by molar-refractivity contribution is -0.120. The summed E-state index contributed by atoms with van der Waals surface area (Å²) >= 11 is 0. The van der Waals surface area contributed by atoms with Gasteiger partial charge < -0.3 is 10.1 Å². The van der Waals surface area contributed by atoms with Crippen LogP contribution in [0.3, 0.4) is 0 Å². The van der Waals surface area contributed by atoms with E-state index in [2.05, 4.69) is 11.9 Å². The van der Waals surface area contributed by atoms with E-state index in [1.165, 1.54) is 12.1 Å². The van der Waals surface area contributed by atoms with Crippen molar-refractivity contribution in [2.75, 3.05) is 19.8 Å². The van der Waals surface area contributed by atoms with Crippen LogP contribution in [0.15, 0.2) is 30.4 Å². The Labute approximate surface area is 111 Å². The van der Waals surface area contributed by atoms with Crippen LogP contribution >= 0.6 is 0 Å². The summed E-state index contributed by atoms with van der Waals surface area (Å²) in [6.07, 6.45) is -0.190. The summed E-state index contributed by atoms with van der Waals surface area (Å²) in [5.74, 6) is -2.30. The second kappa shape index (κ2) is 7.63. The van der Waals surface area contributed by atoms with Gasteiger partial charge in [0.25, 0.3) is 0 Å². The van der Waals surface area contributed by atoms with Gasteiger partial charge in [0.2, 0.25) is 5.91 Å². The smallest absolute Gasteiger partial charge is 0.224 e. The largest absolute Gasteiger partial charge is 0.375 e. The van der Waals surface area contributed by atoms with Gasteiger partial charge in [-0.25, -0.2) is 8.78 Å². The lowest BCUT2D eigenvalue weighted by Crippen LogP contribution is -2.29. The molecule has 3 nitrogen and oxygen atoms in total. The van der Waals surface area contributed by atoms with E-state index in [9.17, 15) is 13.6 Å². The maximum atomic E-state index is 13.3. The second-order valence-electron chi connectivity index (χ2n) is 4.25. The van der Waals surface area contributed by atoms with E-state index in [-0.39, 0.29) is 17.9 Å². The number of hydrogen-bond acceptors (Lipinski definition) is 2. The minimum Gasteiger partial charge on any atom is -0.375 e. The van der Waals surface area contributed by atoms with Gasteiger partial charge in [0, 0.05) is 12.1 Å². The molecule has 1 aromatic rings. The highest BCUT2D eigenvalue weighted by atomic mass is 19.2. The molecule has 0 aliphatic rings. The van der Waals surface area contributed by atoms with Crippen molar-refractivity contribution >= 4 is 5.91 Å². The van der Waals surface area contributed by atoms with E-state index < -0.39 is 11.6 Å². The fourth-order valence-corrected chi connectivity index (χ4v) is 1.43. The molecule has 104 valence electrons. The first-order valence-corrected chi connectivity index (χ1v) is 5.92. The lowest BCUT2D eigenvalue weighted by atomic mass is 10.1. The van der Waals surface area contributed by atoms with Crippen molar-refractivity contribution in [2.45, 2.75) is 13.3 Å². The third kappa shape index (κ3) is 5.61. The van der Waals surface area contributed by atoms with E-state index in [1.54, 1.807) is 0 Å². The number of rotatable bonds is 7. The topological polar surface area (TPSA) is 38.3 Å². The van der Waals surface area contributed by atoms with Crippen LogP contribution in [0, 0.1) is 11.6 Å². The molecule has 1 rings (SSSR count). The molecule has 19 heavy (non-hydrogen) atoms. The Morgan fingerprint density at radius 3 is 2.84 bits per heavy atom. The molecule has 0 radical (unpaired) electrons. The number of amides is 1. The van der Waals surface area contributed by atoms with Crippen molar-refractivity contribution in [3.8, 4) is 0 Å². The van der Waals surface area contributed by atoms with Gasteiger partial charge in [-0.15, -0.1) is 0 Å². The molecule has 0 spiro atoms. The molecule has 0 fully saturated rings. The van der Waals surface area contributed by atoms with Crippen LogP contribution in [0.1, 0.15) is 12.5 Å². The molecule has 0 aliphatic heterocycles.